The molecule has 0 aromatic heterocycles. The van der Waals surface area contributed by atoms with Gasteiger partial charge < -0.3 is 14.5 Å². The van der Waals surface area contributed by atoms with E-state index in [-0.39, 0.29) is 12.1 Å². The van der Waals surface area contributed by atoms with E-state index in [0.717, 1.165) is 13.1 Å². The van der Waals surface area contributed by atoms with Gasteiger partial charge in [0.1, 0.15) is 5.60 Å². The predicted octanol–water partition coefficient (Wildman–Crippen LogP) is 3.13. The van der Waals surface area contributed by atoms with Gasteiger partial charge in [0.2, 0.25) is 0 Å². The van der Waals surface area contributed by atoms with Gasteiger partial charge in [-0.15, -0.1) is 0 Å². The average molecular weight is 276 g/mol. The summed E-state index contributed by atoms with van der Waals surface area (Å²) in [5.41, 5.74) is 0.774. The van der Waals surface area contributed by atoms with Crippen LogP contribution in [-0.2, 0) is 4.74 Å². The lowest BCUT2D eigenvalue weighted by atomic mass is 10.1. The number of rotatable bonds is 1. The fourth-order valence-corrected chi connectivity index (χ4v) is 2.42. The first kappa shape index (κ1) is 14.7. The molecule has 2 rings (SSSR count). The molecule has 1 aliphatic rings. The molecule has 0 radical (unpaired) electrons. The van der Waals surface area contributed by atoms with E-state index in [1.807, 2.05) is 43.9 Å². The number of ether oxygens (including phenoxy) is 1. The van der Waals surface area contributed by atoms with Crippen LogP contribution >= 0.6 is 0 Å². The van der Waals surface area contributed by atoms with E-state index < -0.39 is 5.60 Å². The Balaban J connectivity index is 1.98. The lowest BCUT2D eigenvalue weighted by molar-refractivity contribution is 0.0159. The smallest absolute Gasteiger partial charge is 0.410 e. The Kier molecular flexibility index (Phi) is 4.21. The van der Waals surface area contributed by atoms with Crippen molar-refractivity contribution < 1.29 is 9.53 Å². The SMILES string of the molecule is C[C@H]1CN(c2ccccc2)CCN1C(=O)OC(C)(C)C. The molecule has 1 aromatic carbocycles. The van der Waals surface area contributed by atoms with E-state index in [0.29, 0.717) is 6.54 Å². The molecule has 4 nitrogen and oxygen atoms in total. The van der Waals surface area contributed by atoms with Crippen LogP contribution in [0.2, 0.25) is 0 Å². The second-order valence-corrected chi connectivity index (χ2v) is 6.30. The summed E-state index contributed by atoms with van der Waals surface area (Å²) < 4.78 is 5.46. The van der Waals surface area contributed by atoms with Crippen LogP contribution in [0, 0.1) is 0 Å². The highest BCUT2D eigenvalue weighted by Gasteiger charge is 2.30. The van der Waals surface area contributed by atoms with E-state index in [2.05, 4.69) is 24.0 Å². The third-order valence-electron chi connectivity index (χ3n) is 3.38. The number of piperazine rings is 1. The van der Waals surface area contributed by atoms with Crippen molar-refractivity contribution in [1.29, 1.82) is 0 Å². The van der Waals surface area contributed by atoms with E-state index in [9.17, 15) is 4.79 Å². The summed E-state index contributed by atoms with van der Waals surface area (Å²) in [6.45, 7) is 10.1. The van der Waals surface area contributed by atoms with Crippen molar-refractivity contribution >= 4 is 11.8 Å². The van der Waals surface area contributed by atoms with E-state index in [4.69, 9.17) is 4.74 Å². The van der Waals surface area contributed by atoms with Crippen LogP contribution in [0.15, 0.2) is 30.3 Å². The predicted molar refractivity (Wildman–Crippen MR) is 81.1 cm³/mol. The molecule has 1 aliphatic heterocycles. The minimum Gasteiger partial charge on any atom is -0.444 e. The largest absolute Gasteiger partial charge is 0.444 e. The van der Waals surface area contributed by atoms with Crippen molar-refractivity contribution in [2.75, 3.05) is 24.5 Å². The Labute approximate surface area is 121 Å². The molecular weight excluding hydrogens is 252 g/mol. The fraction of sp³-hybridized carbons (Fsp3) is 0.562. The molecule has 0 N–H and O–H groups in total. The molecular formula is C16H24N2O2. The molecule has 0 unspecified atom stereocenters. The van der Waals surface area contributed by atoms with Crippen molar-refractivity contribution in [3.8, 4) is 0 Å². The number of hydrogen-bond donors (Lipinski definition) is 0. The third-order valence-corrected chi connectivity index (χ3v) is 3.38. The Hall–Kier alpha value is -1.71. The average Bonchev–Trinajstić information content (AvgIpc) is 2.37. The molecule has 1 atom stereocenters. The van der Waals surface area contributed by atoms with Crippen molar-refractivity contribution in [3.05, 3.63) is 30.3 Å². The first-order valence-corrected chi connectivity index (χ1v) is 7.16. The fourth-order valence-electron chi connectivity index (χ4n) is 2.42. The first-order chi connectivity index (χ1) is 9.37. The van der Waals surface area contributed by atoms with Crippen molar-refractivity contribution in [1.82, 2.24) is 4.90 Å². The van der Waals surface area contributed by atoms with Crippen LogP contribution in [0.1, 0.15) is 27.7 Å². The molecule has 20 heavy (non-hydrogen) atoms. The van der Waals surface area contributed by atoms with Gasteiger partial charge in [-0.2, -0.15) is 0 Å². The summed E-state index contributed by atoms with van der Waals surface area (Å²) in [5, 5.41) is 0. The molecule has 0 aliphatic carbocycles. The van der Waals surface area contributed by atoms with Crippen LogP contribution in [-0.4, -0.2) is 42.3 Å². The lowest BCUT2D eigenvalue weighted by Crippen LogP contribution is -2.55. The standard InChI is InChI=1S/C16H24N2O2/c1-13-12-17(14-8-6-5-7-9-14)10-11-18(13)15(19)20-16(2,3)4/h5-9,13H,10-12H2,1-4H3/t13-/m0/s1. The maximum absolute atomic E-state index is 12.2. The molecule has 0 saturated carbocycles. The molecule has 1 heterocycles. The number of carbonyl (C=O) groups is 1. The van der Waals surface area contributed by atoms with Crippen LogP contribution in [0.4, 0.5) is 10.5 Å². The molecule has 0 bridgehead atoms. The van der Waals surface area contributed by atoms with Crippen LogP contribution < -0.4 is 4.90 Å². The normalized spacial score (nSPS) is 19.9. The number of benzene rings is 1. The highest BCUT2D eigenvalue weighted by Crippen LogP contribution is 2.20. The molecule has 110 valence electrons. The summed E-state index contributed by atoms with van der Waals surface area (Å²) >= 11 is 0. The van der Waals surface area contributed by atoms with Gasteiger partial charge in [-0.25, -0.2) is 4.79 Å². The molecule has 0 spiro atoms. The van der Waals surface area contributed by atoms with E-state index >= 15 is 0 Å². The van der Waals surface area contributed by atoms with Gasteiger partial charge >= 0.3 is 6.09 Å². The summed E-state index contributed by atoms with van der Waals surface area (Å²) in [7, 11) is 0. The summed E-state index contributed by atoms with van der Waals surface area (Å²) in [6.07, 6.45) is -0.210. The zero-order valence-corrected chi connectivity index (χ0v) is 12.8. The van der Waals surface area contributed by atoms with Gasteiger partial charge in [-0.1, -0.05) is 18.2 Å². The van der Waals surface area contributed by atoms with Gasteiger partial charge in [-0.05, 0) is 39.8 Å². The van der Waals surface area contributed by atoms with E-state index in [1.165, 1.54) is 5.69 Å². The zero-order chi connectivity index (χ0) is 14.8. The molecule has 4 heteroatoms. The van der Waals surface area contributed by atoms with Crippen molar-refractivity contribution in [2.24, 2.45) is 0 Å². The minimum atomic E-state index is -0.437. The Morgan fingerprint density at radius 1 is 1.20 bits per heavy atom. The third kappa shape index (κ3) is 3.65. The summed E-state index contributed by atoms with van der Waals surface area (Å²) in [6, 6.07) is 10.5. The van der Waals surface area contributed by atoms with Gasteiger partial charge in [0.25, 0.3) is 0 Å². The number of hydrogen-bond acceptors (Lipinski definition) is 3. The maximum Gasteiger partial charge on any atom is 0.410 e. The Bertz CT molecular complexity index is 453. The number of amides is 1. The van der Waals surface area contributed by atoms with Crippen molar-refractivity contribution in [2.45, 2.75) is 39.3 Å². The second-order valence-electron chi connectivity index (χ2n) is 6.30. The van der Waals surface area contributed by atoms with Gasteiger partial charge in [0.05, 0.1) is 0 Å². The van der Waals surface area contributed by atoms with Crippen LogP contribution in [0.25, 0.3) is 0 Å². The van der Waals surface area contributed by atoms with Gasteiger partial charge in [0.15, 0.2) is 0 Å². The Morgan fingerprint density at radius 3 is 2.40 bits per heavy atom. The molecule has 1 saturated heterocycles. The maximum atomic E-state index is 12.2. The minimum absolute atomic E-state index is 0.152. The lowest BCUT2D eigenvalue weighted by Gasteiger charge is -2.41. The van der Waals surface area contributed by atoms with E-state index in [1.54, 1.807) is 0 Å². The summed E-state index contributed by atoms with van der Waals surface area (Å²) in [5.74, 6) is 0. The quantitative estimate of drug-likeness (QED) is 0.790. The molecule has 1 amide bonds. The Morgan fingerprint density at radius 2 is 1.85 bits per heavy atom. The number of anilines is 1. The van der Waals surface area contributed by atoms with Gasteiger partial charge in [-0.3, -0.25) is 0 Å². The first-order valence-electron chi connectivity index (χ1n) is 7.16. The number of para-hydroxylation sites is 1. The number of nitrogens with zero attached hydrogens (tertiary/aromatic N) is 2. The van der Waals surface area contributed by atoms with Crippen LogP contribution in [0.5, 0.6) is 0 Å². The summed E-state index contributed by atoms with van der Waals surface area (Å²) in [4.78, 5) is 16.3. The molecule has 1 aromatic rings. The van der Waals surface area contributed by atoms with Crippen molar-refractivity contribution in [3.63, 3.8) is 0 Å². The number of carbonyl (C=O) groups excluding carboxylic acids is 1. The highest BCUT2D eigenvalue weighted by atomic mass is 16.6. The monoisotopic (exact) mass is 276 g/mol. The van der Waals surface area contributed by atoms with Crippen LogP contribution in [0.3, 0.4) is 0 Å². The second kappa shape index (κ2) is 5.73. The zero-order valence-electron chi connectivity index (χ0n) is 12.8. The van der Waals surface area contributed by atoms with Gasteiger partial charge in [0, 0.05) is 31.4 Å². The highest BCUT2D eigenvalue weighted by molar-refractivity contribution is 5.69. The molecule has 1 fully saturated rings. The topological polar surface area (TPSA) is 32.8 Å².